The standard InChI is InChI=1S/C9H12N2O/c1-7(2)6-9(12)8-4-5-10-11(8)3/h4-5H,1,6H2,2-3H3. The van der Waals surface area contributed by atoms with Crippen molar-refractivity contribution in [2.24, 2.45) is 7.05 Å². The Hall–Kier alpha value is -1.38. The molecule has 0 aromatic carbocycles. The summed E-state index contributed by atoms with van der Waals surface area (Å²) in [5.41, 5.74) is 1.51. The highest BCUT2D eigenvalue weighted by Gasteiger charge is 2.08. The number of allylic oxidation sites excluding steroid dienone is 1. The summed E-state index contributed by atoms with van der Waals surface area (Å²) >= 11 is 0. The molecule has 0 aliphatic heterocycles. The number of aryl methyl sites for hydroxylation is 1. The maximum Gasteiger partial charge on any atom is 0.184 e. The maximum absolute atomic E-state index is 11.4. The van der Waals surface area contributed by atoms with Gasteiger partial charge >= 0.3 is 0 Å². The van der Waals surface area contributed by atoms with E-state index in [0.29, 0.717) is 12.1 Å². The fraction of sp³-hybridized carbons (Fsp3) is 0.333. The van der Waals surface area contributed by atoms with E-state index >= 15 is 0 Å². The van der Waals surface area contributed by atoms with E-state index in [9.17, 15) is 4.79 Å². The molecular formula is C9H12N2O. The van der Waals surface area contributed by atoms with Crippen LogP contribution in [0.3, 0.4) is 0 Å². The van der Waals surface area contributed by atoms with E-state index in [2.05, 4.69) is 11.7 Å². The van der Waals surface area contributed by atoms with Crippen molar-refractivity contribution in [2.75, 3.05) is 0 Å². The molecular weight excluding hydrogens is 152 g/mol. The molecule has 0 saturated heterocycles. The lowest BCUT2D eigenvalue weighted by atomic mass is 10.1. The van der Waals surface area contributed by atoms with Gasteiger partial charge in [0, 0.05) is 19.7 Å². The molecule has 1 aromatic rings. The van der Waals surface area contributed by atoms with Crippen LogP contribution < -0.4 is 0 Å². The zero-order valence-electron chi connectivity index (χ0n) is 7.37. The molecule has 0 aliphatic carbocycles. The Morgan fingerprint density at radius 1 is 1.75 bits per heavy atom. The molecule has 0 unspecified atom stereocenters. The average Bonchev–Trinajstić information content (AvgIpc) is 2.33. The van der Waals surface area contributed by atoms with Gasteiger partial charge in [-0.25, -0.2) is 0 Å². The van der Waals surface area contributed by atoms with Gasteiger partial charge in [-0.05, 0) is 13.0 Å². The molecule has 0 radical (unpaired) electrons. The summed E-state index contributed by atoms with van der Waals surface area (Å²) in [6.45, 7) is 5.53. The molecule has 12 heavy (non-hydrogen) atoms. The molecule has 0 aliphatic rings. The number of ketones is 1. The molecule has 64 valence electrons. The number of Topliss-reactive ketones (excluding diaryl/α,β-unsaturated/α-hetero) is 1. The van der Waals surface area contributed by atoms with E-state index in [1.54, 1.807) is 24.0 Å². The van der Waals surface area contributed by atoms with Crippen molar-refractivity contribution in [2.45, 2.75) is 13.3 Å². The van der Waals surface area contributed by atoms with Crippen molar-refractivity contribution in [3.05, 3.63) is 30.1 Å². The first-order valence-corrected chi connectivity index (χ1v) is 3.77. The Bertz CT molecular complexity index is 312. The summed E-state index contributed by atoms with van der Waals surface area (Å²) in [6, 6.07) is 1.71. The summed E-state index contributed by atoms with van der Waals surface area (Å²) in [6.07, 6.45) is 2.02. The van der Waals surface area contributed by atoms with Gasteiger partial charge in [0.2, 0.25) is 0 Å². The Kier molecular flexibility index (Phi) is 2.43. The van der Waals surface area contributed by atoms with Crippen LogP contribution in [0.2, 0.25) is 0 Å². The van der Waals surface area contributed by atoms with Gasteiger partial charge in [-0.3, -0.25) is 9.48 Å². The van der Waals surface area contributed by atoms with E-state index in [4.69, 9.17) is 0 Å². The molecule has 1 rings (SSSR count). The van der Waals surface area contributed by atoms with E-state index in [0.717, 1.165) is 5.57 Å². The molecule has 0 amide bonds. The summed E-state index contributed by atoms with van der Waals surface area (Å²) in [4.78, 5) is 11.4. The smallest absolute Gasteiger partial charge is 0.184 e. The number of carbonyl (C=O) groups is 1. The van der Waals surface area contributed by atoms with E-state index < -0.39 is 0 Å². The molecule has 0 atom stereocenters. The van der Waals surface area contributed by atoms with Crippen LogP contribution in [-0.2, 0) is 7.05 Å². The minimum absolute atomic E-state index is 0.0718. The highest BCUT2D eigenvalue weighted by atomic mass is 16.1. The fourth-order valence-electron chi connectivity index (χ4n) is 1.01. The summed E-state index contributed by atoms with van der Waals surface area (Å²) < 4.78 is 1.57. The highest BCUT2D eigenvalue weighted by Crippen LogP contribution is 2.05. The second-order valence-electron chi connectivity index (χ2n) is 2.90. The highest BCUT2D eigenvalue weighted by molar-refractivity contribution is 5.95. The minimum atomic E-state index is 0.0718. The van der Waals surface area contributed by atoms with Crippen LogP contribution in [0.1, 0.15) is 23.8 Å². The average molecular weight is 164 g/mol. The van der Waals surface area contributed by atoms with Crippen LogP contribution in [0.25, 0.3) is 0 Å². The normalized spacial score (nSPS) is 9.83. The lowest BCUT2D eigenvalue weighted by Crippen LogP contribution is -2.06. The second-order valence-corrected chi connectivity index (χ2v) is 2.90. The molecule has 3 heteroatoms. The van der Waals surface area contributed by atoms with Crippen LogP contribution in [0.4, 0.5) is 0 Å². The van der Waals surface area contributed by atoms with Gasteiger partial charge in [0.15, 0.2) is 5.78 Å². The van der Waals surface area contributed by atoms with Crippen LogP contribution in [-0.4, -0.2) is 15.6 Å². The first-order chi connectivity index (χ1) is 5.61. The van der Waals surface area contributed by atoms with Crippen LogP contribution in [0.5, 0.6) is 0 Å². The van der Waals surface area contributed by atoms with Gasteiger partial charge < -0.3 is 0 Å². The summed E-state index contributed by atoms with van der Waals surface area (Å²) in [5, 5.41) is 3.91. The molecule has 3 nitrogen and oxygen atoms in total. The zero-order chi connectivity index (χ0) is 9.14. The molecule has 0 bridgehead atoms. The van der Waals surface area contributed by atoms with Gasteiger partial charge in [-0.1, -0.05) is 12.2 Å². The summed E-state index contributed by atoms with van der Waals surface area (Å²) in [5.74, 6) is 0.0718. The van der Waals surface area contributed by atoms with Gasteiger partial charge in [-0.15, -0.1) is 0 Å². The third kappa shape index (κ3) is 1.81. The second kappa shape index (κ2) is 3.34. The van der Waals surface area contributed by atoms with Crippen LogP contribution >= 0.6 is 0 Å². The monoisotopic (exact) mass is 164 g/mol. The fourth-order valence-corrected chi connectivity index (χ4v) is 1.01. The zero-order valence-corrected chi connectivity index (χ0v) is 7.37. The van der Waals surface area contributed by atoms with E-state index in [1.807, 2.05) is 6.92 Å². The van der Waals surface area contributed by atoms with Crippen molar-refractivity contribution < 1.29 is 4.79 Å². The molecule has 0 N–H and O–H groups in total. The molecule has 0 saturated carbocycles. The van der Waals surface area contributed by atoms with Crippen molar-refractivity contribution in [3.8, 4) is 0 Å². The lowest BCUT2D eigenvalue weighted by molar-refractivity contribution is 0.0984. The predicted octanol–water partition coefficient (Wildman–Crippen LogP) is 1.57. The van der Waals surface area contributed by atoms with Gasteiger partial charge in [-0.2, -0.15) is 5.10 Å². The van der Waals surface area contributed by atoms with E-state index in [-0.39, 0.29) is 5.78 Å². The molecule has 1 aromatic heterocycles. The number of hydrogen-bond donors (Lipinski definition) is 0. The van der Waals surface area contributed by atoms with Gasteiger partial charge in [0.1, 0.15) is 5.69 Å². The van der Waals surface area contributed by atoms with Crippen LogP contribution in [0, 0.1) is 0 Å². The Labute approximate surface area is 71.7 Å². The third-order valence-corrected chi connectivity index (χ3v) is 1.57. The molecule has 0 spiro atoms. The predicted molar refractivity (Wildman–Crippen MR) is 47.0 cm³/mol. The number of carbonyl (C=O) groups excluding carboxylic acids is 1. The van der Waals surface area contributed by atoms with Crippen molar-refractivity contribution in [1.82, 2.24) is 9.78 Å². The number of rotatable bonds is 3. The lowest BCUT2D eigenvalue weighted by Gasteiger charge is -1.99. The van der Waals surface area contributed by atoms with Gasteiger partial charge in [0.05, 0.1) is 0 Å². The van der Waals surface area contributed by atoms with Crippen molar-refractivity contribution >= 4 is 5.78 Å². The van der Waals surface area contributed by atoms with E-state index in [1.165, 1.54) is 0 Å². The Morgan fingerprint density at radius 3 is 2.83 bits per heavy atom. The number of hydrogen-bond acceptors (Lipinski definition) is 2. The SMILES string of the molecule is C=C(C)CC(=O)c1ccnn1C. The minimum Gasteiger partial charge on any atom is -0.292 e. The third-order valence-electron chi connectivity index (χ3n) is 1.57. The quantitative estimate of drug-likeness (QED) is 0.502. The number of aromatic nitrogens is 2. The van der Waals surface area contributed by atoms with Crippen LogP contribution in [0.15, 0.2) is 24.4 Å². The first kappa shape index (κ1) is 8.71. The Balaban J connectivity index is 2.78. The number of nitrogens with zero attached hydrogens (tertiary/aromatic N) is 2. The first-order valence-electron chi connectivity index (χ1n) is 3.77. The topological polar surface area (TPSA) is 34.9 Å². The van der Waals surface area contributed by atoms with Crippen molar-refractivity contribution in [3.63, 3.8) is 0 Å². The molecule has 0 fully saturated rings. The summed E-state index contributed by atoms with van der Waals surface area (Å²) in [7, 11) is 1.76. The van der Waals surface area contributed by atoms with Crippen molar-refractivity contribution in [1.29, 1.82) is 0 Å². The molecule has 1 heterocycles. The Morgan fingerprint density at radius 2 is 2.42 bits per heavy atom. The largest absolute Gasteiger partial charge is 0.292 e. The maximum atomic E-state index is 11.4. The van der Waals surface area contributed by atoms with Gasteiger partial charge in [0.25, 0.3) is 0 Å².